The summed E-state index contributed by atoms with van der Waals surface area (Å²) in [6, 6.07) is 7.89. The number of fused-ring (bicyclic) bond motifs is 1. The molecule has 0 saturated heterocycles. The molecule has 4 rings (SSSR count). The summed E-state index contributed by atoms with van der Waals surface area (Å²) >= 11 is 0. The predicted octanol–water partition coefficient (Wildman–Crippen LogP) is 3.46. The number of unbranched alkanes of at least 4 members (excludes halogenated alkanes) is 1. The maximum Gasteiger partial charge on any atom is 0.286 e. The van der Waals surface area contributed by atoms with Gasteiger partial charge in [-0.15, -0.1) is 0 Å². The van der Waals surface area contributed by atoms with Gasteiger partial charge >= 0.3 is 0 Å². The molecule has 0 spiro atoms. The van der Waals surface area contributed by atoms with E-state index in [0.29, 0.717) is 37.7 Å². The maximum atomic E-state index is 12.6. The van der Waals surface area contributed by atoms with Crippen molar-refractivity contribution in [1.29, 1.82) is 0 Å². The van der Waals surface area contributed by atoms with Crippen LogP contribution in [0.5, 0.6) is 0 Å². The third kappa shape index (κ3) is 4.56. The van der Waals surface area contributed by atoms with Gasteiger partial charge in [-0.3, -0.25) is 4.79 Å². The van der Waals surface area contributed by atoms with Gasteiger partial charge in [0.25, 0.3) is 5.91 Å². The van der Waals surface area contributed by atoms with Gasteiger partial charge in [-0.25, -0.2) is 0 Å². The Balaban J connectivity index is 1.51. The lowest BCUT2D eigenvalue weighted by atomic mass is 9.92. The Morgan fingerprint density at radius 1 is 1.25 bits per heavy atom. The lowest BCUT2D eigenvalue weighted by Crippen LogP contribution is -2.33. The number of aliphatic hydroxyl groups excluding tert-OH is 1. The topological polar surface area (TPSA) is 80.9 Å². The van der Waals surface area contributed by atoms with Gasteiger partial charge in [0.05, 0.1) is 12.9 Å². The second-order valence-electron chi connectivity index (χ2n) is 7.56. The highest BCUT2D eigenvalue weighted by Gasteiger charge is 2.31. The molecule has 1 aromatic heterocycles. The molecule has 1 amide bonds. The number of rotatable bonds is 9. The number of hydrogen-bond donors (Lipinski definition) is 2. The minimum atomic E-state index is -0.496. The van der Waals surface area contributed by atoms with E-state index >= 15 is 0 Å². The molecule has 1 aliphatic carbocycles. The minimum absolute atomic E-state index is 0.0260. The van der Waals surface area contributed by atoms with Crippen molar-refractivity contribution in [2.45, 2.75) is 44.3 Å². The van der Waals surface area contributed by atoms with Crippen LogP contribution in [0.25, 0.3) is 11.0 Å². The zero-order chi connectivity index (χ0) is 19.3. The molecule has 2 aliphatic rings. The summed E-state index contributed by atoms with van der Waals surface area (Å²) in [6.45, 7) is 1.33. The lowest BCUT2D eigenvalue weighted by molar-refractivity contribution is -0.146. The standard InChI is InChI=1S/C22H27NO5/c24-9-3-4-10-26-21-12-16(18-14-27-19-6-2-1-5-17(18)19)11-20(28-21)22(25)23-13-15-7-8-15/h1-2,5-6,11,14-16,21,24H,3-4,7-10,12-13H2,(H,23,25)/t16-,21+/m0/s1. The van der Waals surface area contributed by atoms with Crippen LogP contribution in [0.3, 0.4) is 0 Å². The van der Waals surface area contributed by atoms with E-state index in [1.54, 1.807) is 6.26 Å². The molecule has 1 fully saturated rings. The highest BCUT2D eigenvalue weighted by Crippen LogP contribution is 2.36. The number of furan rings is 1. The number of amides is 1. The van der Waals surface area contributed by atoms with Crippen molar-refractivity contribution < 1.29 is 23.8 Å². The Morgan fingerprint density at radius 3 is 2.93 bits per heavy atom. The first kappa shape index (κ1) is 19.0. The van der Waals surface area contributed by atoms with Crippen LogP contribution in [-0.4, -0.2) is 37.1 Å². The van der Waals surface area contributed by atoms with E-state index in [1.807, 2.05) is 30.3 Å². The zero-order valence-electron chi connectivity index (χ0n) is 15.9. The largest absolute Gasteiger partial charge is 0.464 e. The smallest absolute Gasteiger partial charge is 0.286 e. The summed E-state index contributed by atoms with van der Waals surface area (Å²) in [4.78, 5) is 12.6. The summed E-state index contributed by atoms with van der Waals surface area (Å²) in [7, 11) is 0. The fourth-order valence-electron chi connectivity index (χ4n) is 3.50. The first-order valence-corrected chi connectivity index (χ1v) is 10.1. The van der Waals surface area contributed by atoms with E-state index in [2.05, 4.69) is 5.32 Å². The van der Waals surface area contributed by atoms with E-state index < -0.39 is 6.29 Å². The van der Waals surface area contributed by atoms with Crippen LogP contribution in [-0.2, 0) is 14.3 Å². The van der Waals surface area contributed by atoms with Gasteiger partial charge in [0.2, 0.25) is 6.29 Å². The van der Waals surface area contributed by atoms with Gasteiger partial charge in [0.15, 0.2) is 5.76 Å². The molecule has 2 atom stereocenters. The molecular weight excluding hydrogens is 358 g/mol. The summed E-state index contributed by atoms with van der Waals surface area (Å²) in [5.41, 5.74) is 1.87. The average Bonchev–Trinajstić information content (AvgIpc) is 3.46. The molecule has 1 saturated carbocycles. The third-order valence-electron chi connectivity index (χ3n) is 5.30. The second kappa shape index (κ2) is 8.80. The molecule has 6 nitrogen and oxygen atoms in total. The number of ether oxygens (including phenoxy) is 2. The highest BCUT2D eigenvalue weighted by molar-refractivity contribution is 5.92. The molecule has 1 aliphatic heterocycles. The van der Waals surface area contributed by atoms with Crippen LogP contribution in [0.2, 0.25) is 0 Å². The van der Waals surface area contributed by atoms with Crippen LogP contribution in [0, 0.1) is 5.92 Å². The van der Waals surface area contributed by atoms with Crippen LogP contribution in [0.4, 0.5) is 0 Å². The Morgan fingerprint density at radius 2 is 2.11 bits per heavy atom. The zero-order valence-corrected chi connectivity index (χ0v) is 15.9. The van der Waals surface area contributed by atoms with Gasteiger partial charge in [0, 0.05) is 36.4 Å². The molecule has 0 radical (unpaired) electrons. The number of nitrogens with one attached hydrogen (secondary N) is 1. The Hall–Kier alpha value is -2.31. The van der Waals surface area contributed by atoms with Crippen molar-refractivity contribution in [2.24, 2.45) is 5.92 Å². The first-order chi connectivity index (χ1) is 13.7. The second-order valence-corrected chi connectivity index (χ2v) is 7.56. The molecule has 2 aromatic rings. The predicted molar refractivity (Wildman–Crippen MR) is 105 cm³/mol. The van der Waals surface area contributed by atoms with Crippen LogP contribution >= 0.6 is 0 Å². The fourth-order valence-corrected chi connectivity index (χ4v) is 3.50. The van der Waals surface area contributed by atoms with Gasteiger partial charge in [-0.05, 0) is 43.7 Å². The molecule has 0 bridgehead atoms. The summed E-state index contributed by atoms with van der Waals surface area (Å²) in [6.07, 6.45) is 7.56. The number of carbonyl (C=O) groups is 1. The van der Waals surface area contributed by atoms with Gasteiger partial charge < -0.3 is 24.3 Å². The van der Waals surface area contributed by atoms with Crippen molar-refractivity contribution in [1.82, 2.24) is 5.32 Å². The third-order valence-corrected chi connectivity index (χ3v) is 5.30. The van der Waals surface area contributed by atoms with E-state index in [9.17, 15) is 4.79 Å². The van der Waals surface area contributed by atoms with Crippen LogP contribution in [0.15, 0.2) is 46.8 Å². The Kier molecular flexibility index (Phi) is 5.98. The highest BCUT2D eigenvalue weighted by atomic mass is 16.7. The number of para-hydroxylation sites is 1. The number of aliphatic hydroxyl groups is 1. The van der Waals surface area contributed by atoms with Crippen molar-refractivity contribution in [3.63, 3.8) is 0 Å². The van der Waals surface area contributed by atoms with Crippen molar-refractivity contribution in [2.75, 3.05) is 19.8 Å². The molecule has 1 aromatic carbocycles. The lowest BCUT2D eigenvalue weighted by Gasteiger charge is -2.29. The average molecular weight is 385 g/mol. The van der Waals surface area contributed by atoms with E-state index in [1.165, 1.54) is 12.8 Å². The van der Waals surface area contributed by atoms with E-state index in [0.717, 1.165) is 23.0 Å². The Bertz CT molecular complexity index is 838. The van der Waals surface area contributed by atoms with Crippen LogP contribution < -0.4 is 5.32 Å². The molecule has 2 N–H and O–H groups in total. The fraction of sp³-hybridized carbons (Fsp3) is 0.500. The molecular formula is C22H27NO5. The molecule has 0 unspecified atom stereocenters. The van der Waals surface area contributed by atoms with Crippen LogP contribution in [0.1, 0.15) is 43.6 Å². The summed E-state index contributed by atoms with van der Waals surface area (Å²) in [5, 5.41) is 12.9. The normalized spacial score (nSPS) is 22.0. The van der Waals surface area contributed by atoms with Crippen molar-refractivity contribution in [3.8, 4) is 0 Å². The Labute approximate surface area is 164 Å². The molecule has 150 valence electrons. The molecule has 28 heavy (non-hydrogen) atoms. The minimum Gasteiger partial charge on any atom is -0.464 e. The molecule has 2 heterocycles. The molecule has 6 heteroatoms. The van der Waals surface area contributed by atoms with Gasteiger partial charge in [0.1, 0.15) is 5.58 Å². The summed E-state index contributed by atoms with van der Waals surface area (Å²) < 4.78 is 17.4. The van der Waals surface area contributed by atoms with Gasteiger partial charge in [-0.2, -0.15) is 0 Å². The SMILES string of the molecule is O=C(NCC1CC1)C1=C[C@H](c2coc3ccccc23)C[C@H](OCCCCO)O1. The van der Waals surface area contributed by atoms with E-state index in [-0.39, 0.29) is 18.4 Å². The van der Waals surface area contributed by atoms with E-state index in [4.69, 9.17) is 19.0 Å². The summed E-state index contributed by atoms with van der Waals surface area (Å²) in [5.74, 6) is 0.705. The van der Waals surface area contributed by atoms with Crippen molar-refractivity contribution in [3.05, 3.63) is 47.9 Å². The monoisotopic (exact) mass is 385 g/mol. The number of carbonyl (C=O) groups excluding carboxylic acids is 1. The van der Waals surface area contributed by atoms with Crippen molar-refractivity contribution >= 4 is 16.9 Å². The number of allylic oxidation sites excluding steroid dienone is 1. The maximum absolute atomic E-state index is 12.6. The quantitative estimate of drug-likeness (QED) is 0.646. The number of hydrogen-bond acceptors (Lipinski definition) is 5. The number of benzene rings is 1. The van der Waals surface area contributed by atoms with Gasteiger partial charge in [-0.1, -0.05) is 18.2 Å². The first-order valence-electron chi connectivity index (χ1n) is 10.1.